The van der Waals surface area contributed by atoms with Crippen LogP contribution in [-0.2, 0) is 21.2 Å². The molecule has 0 unspecified atom stereocenters. The summed E-state index contributed by atoms with van der Waals surface area (Å²) in [5.41, 5.74) is 1.51. The van der Waals surface area contributed by atoms with Crippen LogP contribution in [0.3, 0.4) is 0 Å². The van der Waals surface area contributed by atoms with Crippen molar-refractivity contribution in [3.63, 3.8) is 0 Å². The SMILES string of the molecule is Cc1cc(CNC(=O)CCl)ccc1S(C)(=O)=O. The van der Waals surface area contributed by atoms with E-state index in [1.54, 1.807) is 25.1 Å². The molecule has 0 aliphatic rings. The number of rotatable bonds is 4. The Morgan fingerprint density at radius 2 is 2.06 bits per heavy atom. The van der Waals surface area contributed by atoms with E-state index < -0.39 is 9.84 Å². The highest BCUT2D eigenvalue weighted by Gasteiger charge is 2.10. The van der Waals surface area contributed by atoms with Crippen LogP contribution in [0.4, 0.5) is 0 Å². The molecule has 0 heterocycles. The van der Waals surface area contributed by atoms with Crippen LogP contribution in [0, 0.1) is 6.92 Å². The van der Waals surface area contributed by atoms with Gasteiger partial charge < -0.3 is 5.32 Å². The molecule has 0 radical (unpaired) electrons. The summed E-state index contributed by atoms with van der Waals surface area (Å²) in [5, 5.41) is 2.61. The molecule has 17 heavy (non-hydrogen) atoms. The quantitative estimate of drug-likeness (QED) is 0.842. The molecule has 0 saturated carbocycles. The van der Waals surface area contributed by atoms with E-state index >= 15 is 0 Å². The molecule has 94 valence electrons. The lowest BCUT2D eigenvalue weighted by molar-refractivity contribution is -0.118. The van der Waals surface area contributed by atoms with Crippen molar-refractivity contribution in [2.45, 2.75) is 18.4 Å². The van der Waals surface area contributed by atoms with Crippen LogP contribution in [0.5, 0.6) is 0 Å². The standard InChI is InChI=1S/C11H14ClNO3S/c1-8-5-9(7-13-11(14)6-12)3-4-10(8)17(2,15)16/h3-5H,6-7H2,1-2H3,(H,13,14). The molecule has 0 atom stereocenters. The smallest absolute Gasteiger partial charge is 0.235 e. The fourth-order valence-electron chi connectivity index (χ4n) is 1.49. The van der Waals surface area contributed by atoms with Gasteiger partial charge in [-0.05, 0) is 24.1 Å². The topological polar surface area (TPSA) is 63.2 Å². The Labute approximate surface area is 106 Å². The van der Waals surface area contributed by atoms with Gasteiger partial charge in [-0.1, -0.05) is 12.1 Å². The first-order valence-electron chi connectivity index (χ1n) is 4.97. The number of hydrogen-bond donors (Lipinski definition) is 1. The van der Waals surface area contributed by atoms with Crippen molar-refractivity contribution in [2.24, 2.45) is 0 Å². The van der Waals surface area contributed by atoms with E-state index in [1.165, 1.54) is 6.26 Å². The third-order valence-corrected chi connectivity index (χ3v) is 3.75. The minimum absolute atomic E-state index is 0.0829. The fourth-order valence-corrected chi connectivity index (χ4v) is 2.54. The largest absolute Gasteiger partial charge is 0.351 e. The summed E-state index contributed by atoms with van der Waals surface area (Å²) in [6, 6.07) is 4.97. The van der Waals surface area contributed by atoms with Crippen LogP contribution in [0.15, 0.2) is 23.1 Å². The Bertz CT molecular complexity index is 526. The molecule has 0 aliphatic heterocycles. The number of nitrogens with one attached hydrogen (secondary N) is 1. The zero-order chi connectivity index (χ0) is 13.1. The van der Waals surface area contributed by atoms with Crippen LogP contribution >= 0.6 is 11.6 Å². The Balaban J connectivity index is 2.87. The zero-order valence-electron chi connectivity index (χ0n) is 9.66. The van der Waals surface area contributed by atoms with E-state index in [4.69, 9.17) is 11.6 Å². The van der Waals surface area contributed by atoms with Crippen LogP contribution in [0.2, 0.25) is 0 Å². The second kappa shape index (κ2) is 5.51. The monoisotopic (exact) mass is 275 g/mol. The maximum Gasteiger partial charge on any atom is 0.235 e. The number of amides is 1. The van der Waals surface area contributed by atoms with Gasteiger partial charge in [-0.3, -0.25) is 4.79 Å². The van der Waals surface area contributed by atoms with Gasteiger partial charge in [-0.2, -0.15) is 0 Å². The van der Waals surface area contributed by atoms with Gasteiger partial charge in [-0.25, -0.2) is 8.42 Å². The van der Waals surface area contributed by atoms with Crippen LogP contribution in [0.1, 0.15) is 11.1 Å². The summed E-state index contributed by atoms with van der Waals surface area (Å²) >= 11 is 5.34. The molecule has 0 aromatic heterocycles. The molecule has 1 aromatic carbocycles. The highest BCUT2D eigenvalue weighted by Crippen LogP contribution is 2.16. The number of hydrogen-bond acceptors (Lipinski definition) is 3. The average molecular weight is 276 g/mol. The highest BCUT2D eigenvalue weighted by atomic mass is 35.5. The fraction of sp³-hybridized carbons (Fsp3) is 0.364. The van der Waals surface area contributed by atoms with Gasteiger partial charge in [0, 0.05) is 12.8 Å². The molecule has 0 fully saturated rings. The second-order valence-electron chi connectivity index (χ2n) is 3.78. The summed E-state index contributed by atoms with van der Waals surface area (Å²) in [6.45, 7) is 2.07. The molecule has 1 aromatic rings. The van der Waals surface area contributed by atoms with Gasteiger partial charge in [-0.15, -0.1) is 11.6 Å². The van der Waals surface area contributed by atoms with Crippen molar-refractivity contribution in [3.8, 4) is 0 Å². The van der Waals surface area contributed by atoms with Gasteiger partial charge in [0.15, 0.2) is 9.84 Å². The number of benzene rings is 1. The second-order valence-corrected chi connectivity index (χ2v) is 6.03. The van der Waals surface area contributed by atoms with Crippen molar-refractivity contribution >= 4 is 27.3 Å². The predicted molar refractivity (Wildman–Crippen MR) is 66.9 cm³/mol. The normalized spacial score (nSPS) is 11.2. The number of alkyl halides is 1. The van der Waals surface area contributed by atoms with Gasteiger partial charge in [0.05, 0.1) is 4.90 Å². The lowest BCUT2D eigenvalue weighted by Crippen LogP contribution is -2.23. The molecule has 1 N–H and O–H groups in total. The molecule has 0 aliphatic carbocycles. The number of halogens is 1. The first-order valence-corrected chi connectivity index (χ1v) is 7.39. The lowest BCUT2D eigenvalue weighted by Gasteiger charge is -2.07. The van der Waals surface area contributed by atoms with Crippen molar-refractivity contribution < 1.29 is 13.2 Å². The zero-order valence-corrected chi connectivity index (χ0v) is 11.2. The van der Waals surface area contributed by atoms with E-state index in [2.05, 4.69) is 5.32 Å². The molecule has 0 saturated heterocycles. The van der Waals surface area contributed by atoms with E-state index in [9.17, 15) is 13.2 Å². The Kier molecular flexibility index (Phi) is 4.54. The Hall–Kier alpha value is -1.07. The highest BCUT2D eigenvalue weighted by molar-refractivity contribution is 7.90. The van der Waals surface area contributed by atoms with E-state index in [0.717, 1.165) is 5.56 Å². The summed E-state index contributed by atoms with van der Waals surface area (Å²) in [4.78, 5) is 11.3. The lowest BCUT2D eigenvalue weighted by atomic mass is 10.1. The minimum atomic E-state index is -3.19. The molecular weight excluding hydrogens is 262 g/mol. The minimum Gasteiger partial charge on any atom is -0.351 e. The van der Waals surface area contributed by atoms with Crippen molar-refractivity contribution in [3.05, 3.63) is 29.3 Å². The third kappa shape index (κ3) is 4.02. The van der Waals surface area contributed by atoms with Crippen molar-refractivity contribution in [1.82, 2.24) is 5.32 Å². The number of sulfone groups is 1. The molecule has 1 amide bonds. The first kappa shape index (κ1) is 14.0. The molecule has 0 bridgehead atoms. The summed E-state index contributed by atoms with van der Waals surface area (Å²) in [7, 11) is -3.19. The average Bonchev–Trinajstić information content (AvgIpc) is 2.24. The number of aryl methyl sites for hydroxylation is 1. The number of carbonyl (C=O) groups excluding carboxylic acids is 1. The summed E-state index contributed by atoms with van der Waals surface area (Å²) < 4.78 is 22.8. The van der Waals surface area contributed by atoms with E-state index in [0.29, 0.717) is 17.0 Å². The van der Waals surface area contributed by atoms with Gasteiger partial charge >= 0.3 is 0 Å². The van der Waals surface area contributed by atoms with E-state index in [-0.39, 0.29) is 11.8 Å². The number of carbonyl (C=O) groups is 1. The Morgan fingerprint density at radius 3 is 2.53 bits per heavy atom. The molecular formula is C11H14ClNO3S. The van der Waals surface area contributed by atoms with Crippen molar-refractivity contribution in [1.29, 1.82) is 0 Å². The summed E-state index contributed by atoms with van der Waals surface area (Å²) in [6.07, 6.45) is 1.17. The molecule has 4 nitrogen and oxygen atoms in total. The van der Waals surface area contributed by atoms with E-state index in [1.807, 2.05) is 0 Å². The molecule has 1 rings (SSSR count). The van der Waals surface area contributed by atoms with Gasteiger partial charge in [0.2, 0.25) is 5.91 Å². The van der Waals surface area contributed by atoms with Gasteiger partial charge in [0.1, 0.15) is 5.88 Å². The van der Waals surface area contributed by atoms with Gasteiger partial charge in [0.25, 0.3) is 0 Å². The maximum absolute atomic E-state index is 11.4. The van der Waals surface area contributed by atoms with Crippen LogP contribution < -0.4 is 5.32 Å². The van der Waals surface area contributed by atoms with Crippen LogP contribution in [-0.4, -0.2) is 26.5 Å². The van der Waals surface area contributed by atoms with Crippen LogP contribution in [0.25, 0.3) is 0 Å². The predicted octanol–water partition coefficient (Wildman–Crippen LogP) is 1.25. The summed E-state index contributed by atoms with van der Waals surface area (Å²) in [5.74, 6) is -0.336. The third-order valence-electron chi connectivity index (χ3n) is 2.25. The molecule has 6 heteroatoms. The molecule has 0 spiro atoms. The first-order chi connectivity index (χ1) is 7.84. The maximum atomic E-state index is 11.4. The Morgan fingerprint density at radius 1 is 1.41 bits per heavy atom. The van der Waals surface area contributed by atoms with Crippen molar-refractivity contribution in [2.75, 3.05) is 12.1 Å².